The molecule has 6 nitrogen and oxygen atoms in total. The van der Waals surface area contributed by atoms with E-state index in [1.54, 1.807) is 0 Å². The predicted molar refractivity (Wildman–Crippen MR) is 76.7 cm³/mol. The van der Waals surface area contributed by atoms with E-state index in [9.17, 15) is 0 Å². The molecule has 0 aromatic carbocycles. The summed E-state index contributed by atoms with van der Waals surface area (Å²) in [5.41, 5.74) is 0. The molecule has 1 saturated carbocycles. The summed E-state index contributed by atoms with van der Waals surface area (Å²) in [5, 5.41) is 6.53. The summed E-state index contributed by atoms with van der Waals surface area (Å²) in [4.78, 5) is 15.7. The fraction of sp³-hybridized carbons (Fsp3) is 0.769. The molecule has 0 unspecified atom stereocenters. The summed E-state index contributed by atoms with van der Waals surface area (Å²) in [7, 11) is 0. The Kier molecular flexibility index (Phi) is 3.66. The maximum atomic E-state index is 4.55. The highest BCUT2D eigenvalue weighted by Crippen LogP contribution is 2.28. The Labute approximate surface area is 114 Å². The molecular formula is C13H22N6. The van der Waals surface area contributed by atoms with Gasteiger partial charge in [-0.25, -0.2) is 0 Å². The number of nitrogens with one attached hydrogen (secondary N) is 2. The van der Waals surface area contributed by atoms with Crippen molar-refractivity contribution in [3.8, 4) is 0 Å². The van der Waals surface area contributed by atoms with Gasteiger partial charge in [-0.2, -0.15) is 15.0 Å². The van der Waals surface area contributed by atoms with Gasteiger partial charge in [0, 0.05) is 26.2 Å². The lowest BCUT2D eigenvalue weighted by atomic mass is 10.4. The first-order chi connectivity index (χ1) is 9.35. The second kappa shape index (κ2) is 5.59. The van der Waals surface area contributed by atoms with Crippen LogP contribution in [0.4, 0.5) is 17.8 Å². The zero-order valence-corrected chi connectivity index (χ0v) is 11.5. The fourth-order valence-electron chi connectivity index (χ4n) is 2.30. The monoisotopic (exact) mass is 262 g/mol. The summed E-state index contributed by atoms with van der Waals surface area (Å²) < 4.78 is 0. The van der Waals surface area contributed by atoms with E-state index in [2.05, 4.69) is 37.4 Å². The Hall–Kier alpha value is -1.59. The van der Waals surface area contributed by atoms with Crippen molar-refractivity contribution in [1.29, 1.82) is 0 Å². The van der Waals surface area contributed by atoms with E-state index >= 15 is 0 Å². The zero-order chi connectivity index (χ0) is 13.1. The number of rotatable bonds is 6. The summed E-state index contributed by atoms with van der Waals surface area (Å²) in [6, 6.07) is 0. The minimum atomic E-state index is 0.678. The molecule has 6 heteroatoms. The Morgan fingerprint density at radius 1 is 1.05 bits per heavy atom. The number of hydrogen-bond acceptors (Lipinski definition) is 6. The first kappa shape index (κ1) is 12.4. The van der Waals surface area contributed by atoms with Crippen molar-refractivity contribution >= 4 is 17.8 Å². The third-order valence-electron chi connectivity index (χ3n) is 3.59. The lowest BCUT2D eigenvalue weighted by molar-refractivity contribution is 0.847. The van der Waals surface area contributed by atoms with Gasteiger partial charge in [0.25, 0.3) is 0 Å². The molecule has 1 aliphatic heterocycles. The van der Waals surface area contributed by atoms with Crippen molar-refractivity contribution in [2.45, 2.75) is 32.6 Å². The maximum Gasteiger partial charge on any atom is 0.231 e. The molecule has 0 amide bonds. The number of aromatic nitrogens is 3. The Morgan fingerprint density at radius 3 is 2.37 bits per heavy atom. The molecule has 3 rings (SSSR count). The van der Waals surface area contributed by atoms with Gasteiger partial charge in [-0.1, -0.05) is 0 Å². The lowest BCUT2D eigenvalue weighted by Crippen LogP contribution is -2.22. The van der Waals surface area contributed by atoms with Crippen LogP contribution in [0, 0.1) is 5.92 Å². The van der Waals surface area contributed by atoms with E-state index in [0.717, 1.165) is 38.0 Å². The first-order valence-corrected chi connectivity index (χ1v) is 7.34. The molecule has 0 atom stereocenters. The standard InChI is InChI=1S/C13H22N6/c1-2-14-11-16-12(15-9-10-5-6-10)18-13(17-11)19-7-3-4-8-19/h10H,2-9H2,1H3,(H2,14,15,16,17,18). The highest BCUT2D eigenvalue weighted by Gasteiger charge is 2.22. The molecule has 0 bridgehead atoms. The molecule has 2 aliphatic rings. The Morgan fingerprint density at radius 2 is 1.74 bits per heavy atom. The van der Waals surface area contributed by atoms with Gasteiger partial charge in [-0.05, 0) is 38.5 Å². The minimum Gasteiger partial charge on any atom is -0.354 e. The SMILES string of the molecule is CCNc1nc(NCC2CC2)nc(N2CCCC2)n1. The van der Waals surface area contributed by atoms with Crippen LogP contribution < -0.4 is 15.5 Å². The van der Waals surface area contributed by atoms with Crippen LogP contribution in [0.3, 0.4) is 0 Å². The van der Waals surface area contributed by atoms with E-state index in [4.69, 9.17) is 0 Å². The number of nitrogens with zero attached hydrogens (tertiary/aromatic N) is 4. The molecular weight excluding hydrogens is 240 g/mol. The van der Waals surface area contributed by atoms with Crippen LogP contribution in [0.25, 0.3) is 0 Å². The average molecular weight is 262 g/mol. The smallest absolute Gasteiger partial charge is 0.231 e. The van der Waals surface area contributed by atoms with E-state index in [-0.39, 0.29) is 0 Å². The van der Waals surface area contributed by atoms with Gasteiger partial charge in [0.15, 0.2) is 0 Å². The Balaban J connectivity index is 1.75. The zero-order valence-electron chi connectivity index (χ0n) is 11.5. The van der Waals surface area contributed by atoms with Gasteiger partial charge in [0.2, 0.25) is 17.8 Å². The van der Waals surface area contributed by atoms with E-state index in [1.165, 1.54) is 25.7 Å². The van der Waals surface area contributed by atoms with Crippen molar-refractivity contribution in [1.82, 2.24) is 15.0 Å². The molecule has 1 aliphatic carbocycles. The summed E-state index contributed by atoms with van der Waals surface area (Å²) in [6.45, 7) is 5.96. The normalized spacial score (nSPS) is 18.7. The molecule has 0 radical (unpaired) electrons. The van der Waals surface area contributed by atoms with Crippen LogP contribution in [-0.2, 0) is 0 Å². The van der Waals surface area contributed by atoms with Crippen molar-refractivity contribution < 1.29 is 0 Å². The van der Waals surface area contributed by atoms with Crippen molar-refractivity contribution in [3.05, 3.63) is 0 Å². The molecule has 104 valence electrons. The number of anilines is 3. The highest BCUT2D eigenvalue weighted by atomic mass is 15.3. The van der Waals surface area contributed by atoms with Gasteiger partial charge in [0.05, 0.1) is 0 Å². The molecule has 1 aromatic heterocycles. The molecule has 1 aromatic rings. The van der Waals surface area contributed by atoms with Gasteiger partial charge < -0.3 is 15.5 Å². The predicted octanol–water partition coefficient (Wildman–Crippen LogP) is 1.73. The summed E-state index contributed by atoms with van der Waals surface area (Å²) in [6.07, 6.45) is 5.12. The molecule has 2 N–H and O–H groups in total. The van der Waals surface area contributed by atoms with Gasteiger partial charge in [0.1, 0.15) is 0 Å². The molecule has 2 fully saturated rings. The van der Waals surface area contributed by atoms with Crippen LogP contribution in [0.2, 0.25) is 0 Å². The summed E-state index contributed by atoms with van der Waals surface area (Å²) in [5.74, 6) is 3.01. The highest BCUT2D eigenvalue weighted by molar-refractivity contribution is 5.44. The average Bonchev–Trinajstić information content (AvgIpc) is 3.08. The molecule has 19 heavy (non-hydrogen) atoms. The van der Waals surface area contributed by atoms with E-state index in [0.29, 0.717) is 11.9 Å². The van der Waals surface area contributed by atoms with Crippen LogP contribution in [0.5, 0.6) is 0 Å². The molecule has 1 saturated heterocycles. The Bertz CT molecular complexity index is 425. The van der Waals surface area contributed by atoms with Crippen molar-refractivity contribution in [2.75, 3.05) is 41.7 Å². The molecule has 2 heterocycles. The van der Waals surface area contributed by atoms with Gasteiger partial charge >= 0.3 is 0 Å². The van der Waals surface area contributed by atoms with Crippen LogP contribution in [0.1, 0.15) is 32.6 Å². The quantitative estimate of drug-likeness (QED) is 0.814. The van der Waals surface area contributed by atoms with Crippen LogP contribution in [0.15, 0.2) is 0 Å². The third-order valence-corrected chi connectivity index (χ3v) is 3.59. The van der Waals surface area contributed by atoms with Gasteiger partial charge in [-0.3, -0.25) is 0 Å². The number of hydrogen-bond donors (Lipinski definition) is 2. The first-order valence-electron chi connectivity index (χ1n) is 7.34. The second-order valence-corrected chi connectivity index (χ2v) is 5.33. The fourth-order valence-corrected chi connectivity index (χ4v) is 2.30. The lowest BCUT2D eigenvalue weighted by Gasteiger charge is -2.17. The third kappa shape index (κ3) is 3.24. The molecule has 0 spiro atoms. The second-order valence-electron chi connectivity index (χ2n) is 5.33. The summed E-state index contributed by atoms with van der Waals surface area (Å²) >= 11 is 0. The minimum absolute atomic E-state index is 0.678. The maximum absolute atomic E-state index is 4.55. The van der Waals surface area contributed by atoms with E-state index < -0.39 is 0 Å². The van der Waals surface area contributed by atoms with Gasteiger partial charge in [-0.15, -0.1) is 0 Å². The van der Waals surface area contributed by atoms with E-state index in [1.807, 2.05) is 0 Å². The largest absolute Gasteiger partial charge is 0.354 e. The van der Waals surface area contributed by atoms with Crippen molar-refractivity contribution in [2.24, 2.45) is 5.92 Å². The topological polar surface area (TPSA) is 66.0 Å². The van der Waals surface area contributed by atoms with Crippen LogP contribution in [-0.4, -0.2) is 41.1 Å². The van der Waals surface area contributed by atoms with Crippen molar-refractivity contribution in [3.63, 3.8) is 0 Å². The van der Waals surface area contributed by atoms with Crippen LogP contribution >= 0.6 is 0 Å².